The number of rotatable bonds is 4. The lowest BCUT2D eigenvalue weighted by Gasteiger charge is -2.33. The van der Waals surface area contributed by atoms with Crippen molar-refractivity contribution in [3.8, 4) is 0 Å². The van der Waals surface area contributed by atoms with Gasteiger partial charge >= 0.3 is 0 Å². The minimum Gasteiger partial charge on any atom is -0.310 e. The number of nitrogens with zero attached hydrogens (tertiary/aromatic N) is 3. The normalized spacial score (nSPS) is 20.8. The summed E-state index contributed by atoms with van der Waals surface area (Å²) in [6, 6.07) is 3.93. The quantitative estimate of drug-likeness (QED) is 0.786. The molecule has 7 nitrogen and oxygen atoms in total. The maximum Gasteiger partial charge on any atom is 0.255 e. The Labute approximate surface area is 173 Å². The molecule has 0 bridgehead atoms. The Morgan fingerprint density at radius 3 is 2.77 bits per heavy atom. The van der Waals surface area contributed by atoms with E-state index in [9.17, 15) is 22.0 Å². The third kappa shape index (κ3) is 4.45. The largest absolute Gasteiger partial charge is 0.310 e. The minimum atomic E-state index is -3.36. The summed E-state index contributed by atoms with van der Waals surface area (Å²) in [7, 11) is -3.36. The van der Waals surface area contributed by atoms with Crippen molar-refractivity contribution in [1.82, 2.24) is 19.2 Å². The summed E-state index contributed by atoms with van der Waals surface area (Å²) in [6.45, 7) is 2.33. The van der Waals surface area contributed by atoms with Gasteiger partial charge in [0.05, 0.1) is 17.5 Å². The standard InChI is InChI=1S/C20H24F2N4O3S/c1-30(28,29)26-8-6-18-15(12-26)20(27)24-19(23-18)14-3-2-7-25(11-14)10-13-4-5-16(21)17(22)9-13/h4-5,9,14H,2-3,6-8,10-12H2,1H3,(H,23,24,27)/t14-/m1/s1. The zero-order valence-electron chi connectivity index (χ0n) is 16.7. The second kappa shape index (κ2) is 8.16. The van der Waals surface area contributed by atoms with Crippen LogP contribution in [0, 0.1) is 11.6 Å². The van der Waals surface area contributed by atoms with Gasteiger partial charge in [0, 0.05) is 38.5 Å². The number of fused-ring (bicyclic) bond motifs is 1. The SMILES string of the molecule is CS(=O)(=O)N1CCc2nc([C@@H]3CCCN(Cc4ccc(F)c(F)c4)C3)[nH]c(=O)c2C1. The summed E-state index contributed by atoms with van der Waals surface area (Å²) in [5.74, 6) is -1.08. The van der Waals surface area contributed by atoms with Gasteiger partial charge in [-0.2, -0.15) is 4.31 Å². The molecule has 162 valence electrons. The van der Waals surface area contributed by atoms with Gasteiger partial charge in [0.2, 0.25) is 10.0 Å². The second-order valence-corrected chi connectivity index (χ2v) is 10.0. The molecule has 30 heavy (non-hydrogen) atoms. The van der Waals surface area contributed by atoms with Gasteiger partial charge < -0.3 is 4.98 Å². The first-order valence-corrected chi connectivity index (χ1v) is 11.8. The van der Waals surface area contributed by atoms with Crippen molar-refractivity contribution in [3.05, 3.63) is 62.8 Å². The Morgan fingerprint density at radius 1 is 1.23 bits per heavy atom. The van der Waals surface area contributed by atoms with E-state index in [1.54, 1.807) is 6.07 Å². The van der Waals surface area contributed by atoms with Gasteiger partial charge in [0.1, 0.15) is 5.82 Å². The van der Waals surface area contributed by atoms with E-state index in [2.05, 4.69) is 14.9 Å². The Kier molecular flexibility index (Phi) is 5.73. The maximum absolute atomic E-state index is 13.5. The third-order valence-electron chi connectivity index (χ3n) is 5.80. The molecule has 0 aliphatic carbocycles. The van der Waals surface area contributed by atoms with Crippen molar-refractivity contribution in [2.75, 3.05) is 25.9 Å². The number of halogens is 2. The summed E-state index contributed by atoms with van der Waals surface area (Å²) in [5, 5.41) is 0. The van der Waals surface area contributed by atoms with Crippen LogP contribution in [0.3, 0.4) is 0 Å². The fourth-order valence-corrected chi connectivity index (χ4v) is 5.00. The molecule has 4 rings (SSSR count). The monoisotopic (exact) mass is 438 g/mol. The van der Waals surface area contributed by atoms with Crippen LogP contribution in [-0.2, 0) is 29.5 Å². The van der Waals surface area contributed by atoms with Gasteiger partial charge in [0.25, 0.3) is 5.56 Å². The maximum atomic E-state index is 13.5. The third-order valence-corrected chi connectivity index (χ3v) is 7.05. The first-order valence-electron chi connectivity index (χ1n) is 9.94. The number of nitrogens with one attached hydrogen (secondary N) is 1. The molecule has 0 spiro atoms. The van der Waals surface area contributed by atoms with Crippen LogP contribution in [0.2, 0.25) is 0 Å². The number of aromatic amines is 1. The van der Waals surface area contributed by atoms with Crippen LogP contribution in [0.25, 0.3) is 0 Å². The molecule has 3 heterocycles. The highest BCUT2D eigenvalue weighted by molar-refractivity contribution is 7.88. The zero-order valence-corrected chi connectivity index (χ0v) is 17.5. The number of benzene rings is 1. The van der Waals surface area contributed by atoms with Crippen LogP contribution >= 0.6 is 0 Å². The predicted octanol–water partition coefficient (Wildman–Crippen LogP) is 1.75. The highest BCUT2D eigenvalue weighted by Gasteiger charge is 2.29. The number of piperidine rings is 1. The van der Waals surface area contributed by atoms with E-state index in [1.807, 2.05) is 0 Å². The molecule has 1 aromatic carbocycles. The molecule has 2 aliphatic heterocycles. The van der Waals surface area contributed by atoms with Gasteiger partial charge in [-0.25, -0.2) is 22.2 Å². The van der Waals surface area contributed by atoms with E-state index >= 15 is 0 Å². The van der Waals surface area contributed by atoms with Crippen LogP contribution in [0.1, 0.15) is 41.4 Å². The number of hydrogen-bond acceptors (Lipinski definition) is 5. The van der Waals surface area contributed by atoms with Gasteiger partial charge in [-0.1, -0.05) is 6.07 Å². The number of hydrogen-bond donors (Lipinski definition) is 1. The van der Waals surface area contributed by atoms with Crippen LogP contribution in [0.15, 0.2) is 23.0 Å². The number of H-pyrrole nitrogens is 1. The molecule has 0 saturated carbocycles. The number of aromatic nitrogens is 2. The van der Waals surface area contributed by atoms with E-state index < -0.39 is 21.7 Å². The van der Waals surface area contributed by atoms with E-state index in [0.717, 1.165) is 31.7 Å². The van der Waals surface area contributed by atoms with E-state index in [1.165, 1.54) is 10.4 Å². The van der Waals surface area contributed by atoms with Gasteiger partial charge in [-0.3, -0.25) is 9.69 Å². The lowest BCUT2D eigenvalue weighted by molar-refractivity contribution is 0.196. The van der Waals surface area contributed by atoms with E-state index in [-0.39, 0.29) is 18.0 Å². The minimum absolute atomic E-state index is 0.0231. The molecule has 2 aliphatic rings. The van der Waals surface area contributed by atoms with Crippen LogP contribution in [0.4, 0.5) is 8.78 Å². The fourth-order valence-electron chi connectivity index (χ4n) is 4.21. The summed E-state index contributed by atoms with van der Waals surface area (Å²) < 4.78 is 51.5. The van der Waals surface area contributed by atoms with Crippen molar-refractivity contribution in [3.63, 3.8) is 0 Å². The molecule has 1 aromatic heterocycles. The van der Waals surface area contributed by atoms with Crippen molar-refractivity contribution in [1.29, 1.82) is 0 Å². The Balaban J connectivity index is 1.51. The molecule has 0 amide bonds. The van der Waals surface area contributed by atoms with Gasteiger partial charge in [-0.05, 0) is 37.1 Å². The Bertz CT molecular complexity index is 1120. The molecule has 0 radical (unpaired) electrons. The molecule has 0 unspecified atom stereocenters. The molecule has 10 heteroatoms. The van der Waals surface area contributed by atoms with Gasteiger partial charge in [-0.15, -0.1) is 0 Å². The highest BCUT2D eigenvalue weighted by Crippen LogP contribution is 2.27. The number of sulfonamides is 1. The Hall–Kier alpha value is -2.17. The average molecular weight is 439 g/mol. The fraction of sp³-hybridized carbons (Fsp3) is 0.500. The smallest absolute Gasteiger partial charge is 0.255 e. The first-order chi connectivity index (χ1) is 14.2. The lowest BCUT2D eigenvalue weighted by atomic mass is 9.96. The summed E-state index contributed by atoms with van der Waals surface area (Å²) in [4.78, 5) is 22.3. The molecular formula is C20H24F2N4O3S. The first kappa shape index (κ1) is 21.1. The summed E-state index contributed by atoms with van der Waals surface area (Å²) >= 11 is 0. The van der Waals surface area contributed by atoms with Crippen molar-refractivity contribution >= 4 is 10.0 Å². The average Bonchev–Trinajstić information content (AvgIpc) is 2.70. The predicted molar refractivity (Wildman–Crippen MR) is 107 cm³/mol. The van der Waals surface area contributed by atoms with Crippen LogP contribution < -0.4 is 5.56 Å². The van der Waals surface area contributed by atoms with Crippen molar-refractivity contribution in [2.45, 2.75) is 38.3 Å². The molecule has 1 N–H and O–H groups in total. The van der Waals surface area contributed by atoms with E-state index in [0.29, 0.717) is 48.7 Å². The molecule has 1 fully saturated rings. The second-order valence-electron chi connectivity index (χ2n) is 8.05. The molecule has 1 saturated heterocycles. The highest BCUT2D eigenvalue weighted by atomic mass is 32.2. The summed E-state index contributed by atoms with van der Waals surface area (Å²) in [5.41, 5.74) is 1.47. The molecule has 1 atom stereocenters. The number of likely N-dealkylation sites (tertiary alicyclic amines) is 1. The Morgan fingerprint density at radius 2 is 2.03 bits per heavy atom. The van der Waals surface area contributed by atoms with Crippen molar-refractivity contribution in [2.24, 2.45) is 0 Å². The van der Waals surface area contributed by atoms with Gasteiger partial charge in [0.15, 0.2) is 11.6 Å². The van der Waals surface area contributed by atoms with E-state index in [4.69, 9.17) is 0 Å². The topological polar surface area (TPSA) is 86.4 Å². The molecular weight excluding hydrogens is 414 g/mol. The van der Waals surface area contributed by atoms with Crippen LogP contribution in [0.5, 0.6) is 0 Å². The summed E-state index contributed by atoms with van der Waals surface area (Å²) in [6.07, 6.45) is 3.31. The zero-order chi connectivity index (χ0) is 21.5. The molecule has 2 aromatic rings. The van der Waals surface area contributed by atoms with Crippen molar-refractivity contribution < 1.29 is 17.2 Å². The van der Waals surface area contributed by atoms with Crippen LogP contribution in [-0.4, -0.2) is 53.5 Å². The lowest BCUT2D eigenvalue weighted by Crippen LogP contribution is -2.40.